The molecule has 0 heterocycles. The molecule has 3 nitrogen and oxygen atoms in total. The van der Waals surface area contributed by atoms with Crippen molar-refractivity contribution in [2.45, 2.75) is 0 Å². The lowest BCUT2D eigenvalue weighted by Gasteiger charge is -2.09. The van der Waals surface area contributed by atoms with Crippen LogP contribution in [0.1, 0.15) is 0 Å². The molecule has 0 amide bonds. The van der Waals surface area contributed by atoms with Crippen molar-refractivity contribution in [3.63, 3.8) is 0 Å². The summed E-state index contributed by atoms with van der Waals surface area (Å²) in [4.78, 5) is 0. The van der Waals surface area contributed by atoms with Crippen molar-refractivity contribution >= 4 is 0 Å². The van der Waals surface area contributed by atoms with E-state index in [9.17, 15) is 0 Å². The fourth-order valence-corrected chi connectivity index (χ4v) is 1.06. The van der Waals surface area contributed by atoms with E-state index < -0.39 is 0 Å². The average Bonchev–Trinajstić information content (AvgIpc) is 2.25. The zero-order valence-electron chi connectivity index (χ0n) is 8.45. The van der Waals surface area contributed by atoms with E-state index in [0.29, 0.717) is 18.1 Å². The highest BCUT2D eigenvalue weighted by Crippen LogP contribution is 2.30. The summed E-state index contributed by atoms with van der Waals surface area (Å²) in [5, 5.41) is 0. The molecule has 0 saturated carbocycles. The highest BCUT2D eigenvalue weighted by Gasteiger charge is 2.04. The van der Waals surface area contributed by atoms with Gasteiger partial charge >= 0.3 is 0 Å². The van der Waals surface area contributed by atoms with Crippen molar-refractivity contribution in [3.8, 4) is 17.2 Å². The fraction of sp³-hybridized carbons (Fsp3) is 0.273. The van der Waals surface area contributed by atoms with Gasteiger partial charge in [-0.3, -0.25) is 0 Å². The van der Waals surface area contributed by atoms with Gasteiger partial charge in [-0.25, -0.2) is 0 Å². The molecule has 0 aliphatic rings. The highest BCUT2D eigenvalue weighted by atomic mass is 16.5. The van der Waals surface area contributed by atoms with Crippen molar-refractivity contribution < 1.29 is 14.2 Å². The van der Waals surface area contributed by atoms with Gasteiger partial charge in [-0.2, -0.15) is 0 Å². The third kappa shape index (κ3) is 2.42. The van der Waals surface area contributed by atoms with Crippen molar-refractivity contribution in [3.05, 3.63) is 30.9 Å². The number of hydrogen-bond donors (Lipinski definition) is 0. The first-order valence-corrected chi connectivity index (χ1v) is 4.27. The third-order valence-corrected chi connectivity index (χ3v) is 1.72. The molecule has 0 aliphatic carbocycles. The van der Waals surface area contributed by atoms with Crippen LogP contribution in [0.4, 0.5) is 0 Å². The van der Waals surface area contributed by atoms with Gasteiger partial charge in [0.15, 0.2) is 11.5 Å². The van der Waals surface area contributed by atoms with E-state index in [1.807, 2.05) is 6.07 Å². The van der Waals surface area contributed by atoms with Crippen LogP contribution >= 0.6 is 0 Å². The van der Waals surface area contributed by atoms with Gasteiger partial charge in [0.1, 0.15) is 12.4 Å². The van der Waals surface area contributed by atoms with Crippen LogP contribution < -0.4 is 14.2 Å². The van der Waals surface area contributed by atoms with Crippen molar-refractivity contribution in [2.75, 3.05) is 20.8 Å². The maximum Gasteiger partial charge on any atom is 0.164 e. The molecule has 0 N–H and O–H groups in total. The summed E-state index contributed by atoms with van der Waals surface area (Å²) in [7, 11) is 3.19. The second-order valence-electron chi connectivity index (χ2n) is 2.62. The van der Waals surface area contributed by atoms with Crippen LogP contribution in [0, 0.1) is 0 Å². The Kier molecular flexibility index (Phi) is 3.85. The molecule has 1 rings (SSSR count). The summed E-state index contributed by atoms with van der Waals surface area (Å²) in [5.74, 6) is 2.09. The Bertz CT molecular complexity index is 307. The number of hydrogen-bond acceptors (Lipinski definition) is 3. The second kappa shape index (κ2) is 5.17. The van der Waals surface area contributed by atoms with E-state index in [0.717, 1.165) is 5.75 Å². The van der Waals surface area contributed by atoms with Crippen molar-refractivity contribution in [1.82, 2.24) is 0 Å². The SMILES string of the molecule is C=CCOc1ccc(OC)c(OC)c1. The molecule has 0 spiro atoms. The van der Waals surface area contributed by atoms with Gasteiger partial charge in [0.05, 0.1) is 14.2 Å². The Morgan fingerprint density at radius 1 is 1.21 bits per heavy atom. The van der Waals surface area contributed by atoms with Crippen LogP contribution in [0.2, 0.25) is 0 Å². The molecule has 0 aromatic heterocycles. The topological polar surface area (TPSA) is 27.7 Å². The first-order valence-electron chi connectivity index (χ1n) is 4.27. The first-order chi connectivity index (χ1) is 6.81. The van der Waals surface area contributed by atoms with Gasteiger partial charge in [-0.05, 0) is 12.1 Å². The molecule has 14 heavy (non-hydrogen) atoms. The lowest BCUT2D eigenvalue weighted by molar-refractivity contribution is 0.339. The number of methoxy groups -OCH3 is 2. The monoisotopic (exact) mass is 194 g/mol. The van der Waals surface area contributed by atoms with E-state index in [-0.39, 0.29) is 0 Å². The van der Waals surface area contributed by atoms with Crippen LogP contribution in [-0.4, -0.2) is 20.8 Å². The second-order valence-corrected chi connectivity index (χ2v) is 2.62. The Hall–Kier alpha value is -1.64. The minimum absolute atomic E-state index is 0.482. The minimum Gasteiger partial charge on any atom is -0.493 e. The van der Waals surface area contributed by atoms with E-state index in [2.05, 4.69) is 6.58 Å². The largest absolute Gasteiger partial charge is 0.493 e. The Morgan fingerprint density at radius 3 is 2.50 bits per heavy atom. The minimum atomic E-state index is 0.482. The zero-order valence-corrected chi connectivity index (χ0v) is 8.45. The van der Waals surface area contributed by atoms with Crippen LogP contribution in [-0.2, 0) is 0 Å². The van der Waals surface area contributed by atoms with Crippen LogP contribution in [0.5, 0.6) is 17.2 Å². The van der Waals surface area contributed by atoms with Crippen molar-refractivity contribution in [1.29, 1.82) is 0 Å². The zero-order chi connectivity index (χ0) is 10.4. The highest BCUT2D eigenvalue weighted by molar-refractivity contribution is 5.45. The molecular weight excluding hydrogens is 180 g/mol. The van der Waals surface area contributed by atoms with E-state index in [1.54, 1.807) is 32.4 Å². The average molecular weight is 194 g/mol. The van der Waals surface area contributed by atoms with Crippen LogP contribution in [0.3, 0.4) is 0 Å². The molecule has 76 valence electrons. The number of rotatable bonds is 5. The van der Waals surface area contributed by atoms with E-state index >= 15 is 0 Å². The molecule has 3 heteroatoms. The van der Waals surface area contributed by atoms with E-state index in [1.165, 1.54) is 0 Å². The summed E-state index contributed by atoms with van der Waals surface area (Å²) >= 11 is 0. The number of ether oxygens (including phenoxy) is 3. The molecule has 0 unspecified atom stereocenters. The summed E-state index contributed by atoms with van der Waals surface area (Å²) in [6.45, 7) is 4.05. The predicted octanol–water partition coefficient (Wildman–Crippen LogP) is 2.27. The Labute approximate surface area is 83.9 Å². The van der Waals surface area contributed by atoms with Gasteiger partial charge in [-0.15, -0.1) is 0 Å². The quantitative estimate of drug-likeness (QED) is 0.673. The van der Waals surface area contributed by atoms with E-state index in [4.69, 9.17) is 14.2 Å². The fourth-order valence-electron chi connectivity index (χ4n) is 1.06. The first kappa shape index (κ1) is 10.4. The molecule has 0 bridgehead atoms. The standard InChI is InChI=1S/C11H14O3/c1-4-7-14-9-5-6-10(12-2)11(8-9)13-3/h4-6,8H,1,7H2,2-3H3. The molecule has 0 aliphatic heterocycles. The lowest BCUT2D eigenvalue weighted by Crippen LogP contribution is -1.95. The summed E-state index contributed by atoms with van der Waals surface area (Å²) < 4.78 is 15.6. The third-order valence-electron chi connectivity index (χ3n) is 1.72. The van der Waals surface area contributed by atoms with Crippen LogP contribution in [0.15, 0.2) is 30.9 Å². The molecule has 0 radical (unpaired) electrons. The van der Waals surface area contributed by atoms with Gasteiger partial charge in [0.25, 0.3) is 0 Å². The van der Waals surface area contributed by atoms with Crippen molar-refractivity contribution in [2.24, 2.45) is 0 Å². The molecule has 1 aromatic carbocycles. The summed E-state index contributed by atoms with van der Waals surface area (Å²) in [6, 6.07) is 5.41. The molecule has 1 aromatic rings. The molecule has 0 fully saturated rings. The number of benzene rings is 1. The van der Waals surface area contributed by atoms with Gasteiger partial charge in [0.2, 0.25) is 0 Å². The molecular formula is C11H14O3. The maximum atomic E-state index is 5.34. The Balaban J connectivity index is 2.83. The van der Waals surface area contributed by atoms with Gasteiger partial charge in [-0.1, -0.05) is 12.7 Å². The smallest absolute Gasteiger partial charge is 0.164 e. The maximum absolute atomic E-state index is 5.34. The summed E-state index contributed by atoms with van der Waals surface area (Å²) in [6.07, 6.45) is 1.69. The Morgan fingerprint density at radius 2 is 1.93 bits per heavy atom. The normalized spacial score (nSPS) is 9.29. The molecule has 0 saturated heterocycles. The molecule has 0 atom stereocenters. The van der Waals surface area contributed by atoms with Gasteiger partial charge < -0.3 is 14.2 Å². The van der Waals surface area contributed by atoms with Crippen LogP contribution in [0.25, 0.3) is 0 Å². The lowest BCUT2D eigenvalue weighted by atomic mass is 10.3. The predicted molar refractivity (Wildman–Crippen MR) is 55.2 cm³/mol. The summed E-state index contributed by atoms with van der Waals surface area (Å²) in [5.41, 5.74) is 0. The van der Waals surface area contributed by atoms with Gasteiger partial charge in [0, 0.05) is 6.07 Å².